The average molecular weight is 356 g/mol. The number of hydrogen-bond acceptors (Lipinski definition) is 4. The topological polar surface area (TPSA) is 108 Å². The summed E-state index contributed by atoms with van der Waals surface area (Å²) in [6.45, 7) is 4.24. The zero-order valence-corrected chi connectivity index (χ0v) is 16.1. The fraction of sp³-hybridized carbons (Fsp3) is 0.842. The van der Waals surface area contributed by atoms with Gasteiger partial charge in [-0.25, -0.2) is 4.79 Å². The van der Waals surface area contributed by atoms with Crippen molar-refractivity contribution in [2.45, 2.75) is 97.3 Å². The number of ketones is 1. The van der Waals surface area contributed by atoms with E-state index < -0.39 is 11.9 Å². The van der Waals surface area contributed by atoms with Crippen molar-refractivity contribution >= 4 is 17.7 Å². The second kappa shape index (κ2) is 15.9. The molecule has 146 valence electrons. The molecule has 4 N–H and O–H groups in total. The van der Waals surface area contributed by atoms with Crippen LogP contribution in [0.25, 0.3) is 0 Å². The quantitative estimate of drug-likeness (QED) is 0.109. The second-order valence-electron chi connectivity index (χ2n) is 6.67. The number of guanidine groups is 1. The van der Waals surface area contributed by atoms with E-state index in [1.165, 1.54) is 38.5 Å². The van der Waals surface area contributed by atoms with Crippen molar-refractivity contribution in [2.24, 2.45) is 22.5 Å². The molecule has 0 fully saturated rings. The summed E-state index contributed by atoms with van der Waals surface area (Å²) in [6.07, 6.45) is 13.4. The van der Waals surface area contributed by atoms with Gasteiger partial charge in [-0.15, -0.1) is 0 Å². The van der Waals surface area contributed by atoms with Gasteiger partial charge in [0.15, 0.2) is 0 Å². The van der Waals surface area contributed by atoms with Crippen LogP contribution in [0.5, 0.6) is 0 Å². The molecule has 0 aromatic rings. The molecule has 0 aliphatic rings. The van der Waals surface area contributed by atoms with Crippen LogP contribution in [0.4, 0.5) is 0 Å². The molecule has 6 heteroatoms. The Morgan fingerprint density at radius 2 is 1.36 bits per heavy atom. The summed E-state index contributed by atoms with van der Waals surface area (Å²) in [5.74, 6) is -1.79. The molecule has 6 nitrogen and oxygen atoms in total. The predicted molar refractivity (Wildman–Crippen MR) is 102 cm³/mol. The first-order chi connectivity index (χ1) is 12.0. The van der Waals surface area contributed by atoms with Gasteiger partial charge < -0.3 is 16.3 Å². The molecule has 0 saturated carbocycles. The lowest BCUT2D eigenvalue weighted by Gasteiger charge is -2.12. The summed E-state index contributed by atoms with van der Waals surface area (Å²) in [7, 11) is 0. The molecular formula is C19H37N3O3. The van der Waals surface area contributed by atoms with Gasteiger partial charge in [0.05, 0.1) is 0 Å². The van der Waals surface area contributed by atoms with Crippen LogP contribution >= 0.6 is 0 Å². The van der Waals surface area contributed by atoms with Gasteiger partial charge in [-0.2, -0.15) is 0 Å². The molecule has 0 heterocycles. The number of Topliss-reactive ketones (excluding diaryl/α,β-unsaturated/α-hetero) is 1. The minimum atomic E-state index is -0.753. The second-order valence-corrected chi connectivity index (χ2v) is 6.67. The monoisotopic (exact) mass is 355 g/mol. The number of carbonyl (C=O) groups excluding carboxylic acids is 2. The van der Waals surface area contributed by atoms with Crippen molar-refractivity contribution in [3.05, 3.63) is 0 Å². The van der Waals surface area contributed by atoms with Crippen molar-refractivity contribution < 1.29 is 14.4 Å². The lowest BCUT2D eigenvalue weighted by molar-refractivity contribution is -0.152. The number of oxime groups is 1. The van der Waals surface area contributed by atoms with Crippen LogP contribution in [0.1, 0.15) is 97.3 Å². The molecule has 25 heavy (non-hydrogen) atoms. The van der Waals surface area contributed by atoms with E-state index in [4.69, 9.17) is 11.5 Å². The Kier molecular flexibility index (Phi) is 14.9. The molecular weight excluding hydrogens is 318 g/mol. The number of nitrogens with two attached hydrogens (primary N) is 2. The van der Waals surface area contributed by atoms with E-state index in [9.17, 15) is 9.59 Å². The Hall–Kier alpha value is -1.59. The van der Waals surface area contributed by atoms with Gasteiger partial charge in [-0.05, 0) is 18.0 Å². The predicted octanol–water partition coefficient (Wildman–Crippen LogP) is 4.01. The summed E-state index contributed by atoms with van der Waals surface area (Å²) >= 11 is 0. The zero-order valence-electron chi connectivity index (χ0n) is 16.1. The van der Waals surface area contributed by atoms with Gasteiger partial charge >= 0.3 is 5.97 Å². The van der Waals surface area contributed by atoms with Crippen molar-refractivity contribution in [3.8, 4) is 0 Å². The first kappa shape index (κ1) is 23.4. The highest BCUT2D eigenvalue weighted by Gasteiger charge is 2.27. The largest absolute Gasteiger partial charge is 0.367 e. The molecule has 0 bridgehead atoms. The zero-order chi connectivity index (χ0) is 18.9. The maximum Gasteiger partial charge on any atom is 0.345 e. The summed E-state index contributed by atoms with van der Waals surface area (Å²) in [4.78, 5) is 29.0. The van der Waals surface area contributed by atoms with E-state index in [0.29, 0.717) is 12.8 Å². The number of rotatable bonds is 16. The molecule has 0 rings (SSSR count). The van der Waals surface area contributed by atoms with Crippen LogP contribution < -0.4 is 11.5 Å². The fourth-order valence-corrected chi connectivity index (χ4v) is 2.76. The van der Waals surface area contributed by atoms with E-state index >= 15 is 0 Å². The Labute approximate surface area is 152 Å². The third kappa shape index (κ3) is 13.4. The Morgan fingerprint density at radius 1 is 0.840 bits per heavy atom. The van der Waals surface area contributed by atoms with E-state index in [2.05, 4.69) is 16.9 Å². The lowest BCUT2D eigenvalue weighted by Crippen LogP contribution is -2.28. The smallest absolute Gasteiger partial charge is 0.345 e. The fourth-order valence-electron chi connectivity index (χ4n) is 2.76. The number of hydrogen-bond donors (Lipinski definition) is 2. The molecule has 0 spiro atoms. The summed E-state index contributed by atoms with van der Waals surface area (Å²) in [5, 5.41) is 3.26. The Bertz CT molecular complexity index is 393. The van der Waals surface area contributed by atoms with Crippen LogP contribution in [0.3, 0.4) is 0 Å². The first-order valence-corrected chi connectivity index (χ1v) is 9.85. The van der Waals surface area contributed by atoms with Gasteiger partial charge in [-0.3, -0.25) is 4.79 Å². The maximum atomic E-state index is 12.3. The van der Waals surface area contributed by atoms with E-state index in [1.807, 2.05) is 6.92 Å². The summed E-state index contributed by atoms with van der Waals surface area (Å²) in [6, 6.07) is 0. The van der Waals surface area contributed by atoms with Crippen molar-refractivity contribution in [3.63, 3.8) is 0 Å². The van der Waals surface area contributed by atoms with Crippen LogP contribution in [-0.2, 0) is 14.4 Å². The highest BCUT2D eigenvalue weighted by Crippen LogP contribution is 2.17. The molecule has 0 aromatic carbocycles. The standard InChI is InChI=1S/C19H37N3O3/c1-3-5-7-8-9-10-11-12-13-15-17(23)16(14-6-4-2)18(24)25-22-19(20)21/h16H,3-15H2,1-2H3,(H4,20,21,22). The van der Waals surface area contributed by atoms with Gasteiger partial charge in [-0.1, -0.05) is 78.1 Å². The molecule has 1 unspecified atom stereocenters. The lowest BCUT2D eigenvalue weighted by atomic mass is 9.93. The highest BCUT2D eigenvalue weighted by molar-refractivity contribution is 5.99. The van der Waals surface area contributed by atoms with Crippen LogP contribution in [0.15, 0.2) is 5.16 Å². The van der Waals surface area contributed by atoms with Crippen LogP contribution in [0.2, 0.25) is 0 Å². The molecule has 0 amide bonds. The molecule has 0 aliphatic heterocycles. The van der Waals surface area contributed by atoms with Crippen molar-refractivity contribution in [1.29, 1.82) is 0 Å². The number of unbranched alkanes of at least 4 members (excludes halogenated alkanes) is 9. The minimum absolute atomic E-state index is 0.0628. The Balaban J connectivity index is 4.05. The molecule has 1 atom stereocenters. The van der Waals surface area contributed by atoms with Gasteiger partial charge in [0, 0.05) is 6.42 Å². The average Bonchev–Trinajstić information content (AvgIpc) is 2.58. The minimum Gasteiger partial charge on any atom is -0.367 e. The van der Waals surface area contributed by atoms with Crippen LogP contribution in [-0.4, -0.2) is 17.7 Å². The SMILES string of the molecule is CCCCCCCCCCCC(=O)C(CCCC)C(=O)ON=C(N)N. The van der Waals surface area contributed by atoms with Gasteiger partial charge in [0.1, 0.15) is 11.7 Å². The van der Waals surface area contributed by atoms with E-state index in [-0.39, 0.29) is 11.7 Å². The third-order valence-electron chi connectivity index (χ3n) is 4.29. The van der Waals surface area contributed by atoms with Gasteiger partial charge in [0.2, 0.25) is 5.96 Å². The normalized spacial score (nSPS) is 11.8. The highest BCUT2D eigenvalue weighted by atomic mass is 16.7. The molecule has 0 saturated heterocycles. The molecule has 0 aromatic heterocycles. The number of carbonyl (C=O) groups is 2. The molecule has 0 radical (unpaired) electrons. The van der Waals surface area contributed by atoms with Crippen molar-refractivity contribution in [1.82, 2.24) is 0 Å². The Morgan fingerprint density at radius 3 is 1.88 bits per heavy atom. The molecule has 0 aliphatic carbocycles. The van der Waals surface area contributed by atoms with Crippen molar-refractivity contribution in [2.75, 3.05) is 0 Å². The van der Waals surface area contributed by atoms with E-state index in [1.54, 1.807) is 0 Å². The maximum absolute atomic E-state index is 12.3. The van der Waals surface area contributed by atoms with Crippen LogP contribution in [0, 0.1) is 5.92 Å². The van der Waals surface area contributed by atoms with E-state index in [0.717, 1.165) is 32.1 Å². The number of nitrogens with zero attached hydrogens (tertiary/aromatic N) is 1. The first-order valence-electron chi connectivity index (χ1n) is 9.85. The van der Waals surface area contributed by atoms with Gasteiger partial charge in [0.25, 0.3) is 0 Å². The summed E-state index contributed by atoms with van der Waals surface area (Å²) in [5.41, 5.74) is 10.3. The summed E-state index contributed by atoms with van der Waals surface area (Å²) < 4.78 is 0. The third-order valence-corrected chi connectivity index (χ3v) is 4.29.